The van der Waals surface area contributed by atoms with Crippen molar-refractivity contribution in [3.63, 3.8) is 0 Å². The first-order valence-corrected chi connectivity index (χ1v) is 9.80. The normalized spacial score (nSPS) is 16.2. The molecule has 158 valence electrons. The van der Waals surface area contributed by atoms with Gasteiger partial charge in [-0.05, 0) is 25.1 Å². The van der Waals surface area contributed by atoms with Gasteiger partial charge in [-0.1, -0.05) is 41.9 Å². The van der Waals surface area contributed by atoms with E-state index in [1.54, 1.807) is 50.4 Å². The van der Waals surface area contributed by atoms with Gasteiger partial charge >= 0.3 is 12.0 Å². The van der Waals surface area contributed by atoms with Crippen molar-refractivity contribution in [1.82, 2.24) is 10.2 Å². The number of amides is 2. The molecule has 0 radical (unpaired) electrons. The SMILES string of the molecule is CCOC(=O)C1=C(COc2ccccc2Cl)N(C)C(=O)NC1c1ccccc1OC. The van der Waals surface area contributed by atoms with Crippen LogP contribution in [0.5, 0.6) is 11.5 Å². The van der Waals surface area contributed by atoms with Crippen molar-refractivity contribution in [3.8, 4) is 11.5 Å². The molecule has 1 atom stereocenters. The average Bonchev–Trinajstić information content (AvgIpc) is 2.75. The van der Waals surface area contributed by atoms with E-state index in [-0.39, 0.29) is 24.8 Å². The van der Waals surface area contributed by atoms with Crippen LogP contribution in [0.3, 0.4) is 0 Å². The Bertz CT molecular complexity index is 976. The molecule has 3 rings (SSSR count). The van der Waals surface area contributed by atoms with Crippen LogP contribution in [0.25, 0.3) is 0 Å². The molecule has 1 N–H and O–H groups in total. The Morgan fingerprint density at radius 2 is 1.80 bits per heavy atom. The maximum absolute atomic E-state index is 12.9. The standard InChI is InChI=1S/C22H23ClN2O5/c1-4-29-21(26)19-16(13-30-18-12-8-6-10-15(18)23)25(2)22(27)24-20(19)14-9-5-7-11-17(14)28-3/h5-12,20H,4,13H2,1-3H3,(H,24,27). The molecular weight excluding hydrogens is 408 g/mol. The number of halogens is 1. The monoisotopic (exact) mass is 430 g/mol. The van der Waals surface area contributed by atoms with Crippen LogP contribution in [-0.2, 0) is 9.53 Å². The zero-order valence-electron chi connectivity index (χ0n) is 17.0. The summed E-state index contributed by atoms with van der Waals surface area (Å²) in [5.74, 6) is 0.446. The van der Waals surface area contributed by atoms with Gasteiger partial charge in [-0.25, -0.2) is 9.59 Å². The highest BCUT2D eigenvalue weighted by Crippen LogP contribution is 2.36. The van der Waals surface area contributed by atoms with Crippen molar-refractivity contribution >= 4 is 23.6 Å². The van der Waals surface area contributed by atoms with E-state index in [9.17, 15) is 9.59 Å². The number of hydrogen-bond acceptors (Lipinski definition) is 5. The largest absolute Gasteiger partial charge is 0.496 e. The Morgan fingerprint density at radius 1 is 1.13 bits per heavy atom. The molecule has 0 bridgehead atoms. The van der Waals surface area contributed by atoms with E-state index >= 15 is 0 Å². The lowest BCUT2D eigenvalue weighted by atomic mass is 9.94. The minimum atomic E-state index is -0.756. The Hall–Kier alpha value is -3.19. The predicted molar refractivity (Wildman–Crippen MR) is 113 cm³/mol. The van der Waals surface area contributed by atoms with Crippen molar-refractivity contribution in [1.29, 1.82) is 0 Å². The Kier molecular flexibility index (Phi) is 6.84. The van der Waals surface area contributed by atoms with Crippen LogP contribution in [0.1, 0.15) is 18.5 Å². The molecule has 1 heterocycles. The van der Waals surface area contributed by atoms with Crippen LogP contribution in [0, 0.1) is 0 Å². The number of ether oxygens (including phenoxy) is 3. The van der Waals surface area contributed by atoms with Gasteiger partial charge in [0.25, 0.3) is 0 Å². The second-order valence-corrected chi connectivity index (χ2v) is 6.89. The number of carbonyl (C=O) groups is 2. The van der Waals surface area contributed by atoms with E-state index in [2.05, 4.69) is 5.32 Å². The summed E-state index contributed by atoms with van der Waals surface area (Å²) in [6, 6.07) is 13.0. The third-order valence-corrected chi connectivity index (χ3v) is 5.04. The summed E-state index contributed by atoms with van der Waals surface area (Å²) in [5.41, 5.74) is 1.29. The van der Waals surface area contributed by atoms with Crippen LogP contribution in [-0.4, -0.2) is 44.3 Å². The maximum Gasteiger partial charge on any atom is 0.338 e. The average molecular weight is 431 g/mol. The molecule has 1 aliphatic heterocycles. The summed E-state index contributed by atoms with van der Waals surface area (Å²) >= 11 is 6.18. The molecule has 0 aliphatic carbocycles. The fourth-order valence-electron chi connectivity index (χ4n) is 3.23. The molecule has 7 nitrogen and oxygen atoms in total. The van der Waals surface area contributed by atoms with Crippen LogP contribution in [0.15, 0.2) is 59.8 Å². The summed E-state index contributed by atoms with van der Waals surface area (Å²) in [6.45, 7) is 1.87. The van der Waals surface area contributed by atoms with Crippen molar-refractivity contribution in [2.45, 2.75) is 13.0 Å². The van der Waals surface area contributed by atoms with E-state index in [1.807, 2.05) is 12.1 Å². The summed E-state index contributed by atoms with van der Waals surface area (Å²) in [5, 5.41) is 3.28. The molecule has 0 spiro atoms. The van der Waals surface area contributed by atoms with Gasteiger partial charge in [-0.15, -0.1) is 0 Å². The number of nitrogens with zero attached hydrogens (tertiary/aromatic N) is 1. The molecule has 0 saturated heterocycles. The number of carbonyl (C=O) groups excluding carboxylic acids is 2. The lowest BCUT2D eigenvalue weighted by Gasteiger charge is -2.34. The predicted octanol–water partition coefficient (Wildman–Crippen LogP) is 3.94. The number of nitrogens with one attached hydrogen (secondary N) is 1. The fraction of sp³-hybridized carbons (Fsp3) is 0.273. The van der Waals surface area contributed by atoms with Gasteiger partial charge in [-0.3, -0.25) is 4.90 Å². The van der Waals surface area contributed by atoms with Gasteiger partial charge in [0.1, 0.15) is 18.1 Å². The zero-order chi connectivity index (χ0) is 21.7. The topological polar surface area (TPSA) is 77.1 Å². The number of esters is 1. The summed E-state index contributed by atoms with van der Waals surface area (Å²) < 4.78 is 16.6. The van der Waals surface area contributed by atoms with Crippen molar-refractivity contribution in [2.75, 3.05) is 27.4 Å². The number of rotatable bonds is 7. The van der Waals surface area contributed by atoms with E-state index in [1.165, 1.54) is 12.0 Å². The highest BCUT2D eigenvalue weighted by Gasteiger charge is 2.38. The number of hydrogen-bond donors (Lipinski definition) is 1. The molecule has 30 heavy (non-hydrogen) atoms. The van der Waals surface area contributed by atoms with E-state index in [0.717, 1.165) is 0 Å². The quantitative estimate of drug-likeness (QED) is 0.673. The Labute approximate surface area is 180 Å². The Morgan fingerprint density at radius 3 is 2.47 bits per heavy atom. The zero-order valence-corrected chi connectivity index (χ0v) is 17.7. The van der Waals surface area contributed by atoms with Crippen molar-refractivity contribution < 1.29 is 23.8 Å². The van der Waals surface area contributed by atoms with E-state index in [4.69, 9.17) is 25.8 Å². The van der Waals surface area contributed by atoms with E-state index in [0.29, 0.717) is 27.8 Å². The van der Waals surface area contributed by atoms with Crippen LogP contribution in [0.2, 0.25) is 5.02 Å². The lowest BCUT2D eigenvalue weighted by molar-refractivity contribution is -0.139. The fourth-order valence-corrected chi connectivity index (χ4v) is 3.42. The smallest absolute Gasteiger partial charge is 0.338 e. The van der Waals surface area contributed by atoms with Gasteiger partial charge < -0.3 is 19.5 Å². The highest BCUT2D eigenvalue weighted by atomic mass is 35.5. The molecule has 2 amide bonds. The number of likely N-dealkylation sites (N-methyl/N-ethyl adjacent to an activating group) is 1. The highest BCUT2D eigenvalue weighted by molar-refractivity contribution is 6.32. The van der Waals surface area contributed by atoms with Crippen molar-refractivity contribution in [2.24, 2.45) is 0 Å². The Balaban J connectivity index is 2.08. The second-order valence-electron chi connectivity index (χ2n) is 6.48. The molecule has 1 aliphatic rings. The number of urea groups is 1. The molecule has 2 aromatic rings. The number of para-hydroxylation sites is 2. The lowest BCUT2D eigenvalue weighted by Crippen LogP contribution is -2.48. The van der Waals surface area contributed by atoms with Crippen LogP contribution >= 0.6 is 11.6 Å². The first kappa shape index (κ1) is 21.5. The summed E-state index contributed by atoms with van der Waals surface area (Å²) in [7, 11) is 3.10. The first-order valence-electron chi connectivity index (χ1n) is 9.42. The van der Waals surface area contributed by atoms with Gasteiger partial charge in [0.15, 0.2) is 0 Å². The minimum absolute atomic E-state index is 0.0482. The molecular formula is C22H23ClN2O5. The number of benzene rings is 2. The van der Waals surface area contributed by atoms with Gasteiger partial charge in [-0.2, -0.15) is 0 Å². The maximum atomic E-state index is 12.9. The molecule has 1 unspecified atom stereocenters. The second kappa shape index (κ2) is 9.54. The first-order chi connectivity index (χ1) is 14.5. The van der Waals surface area contributed by atoms with Crippen LogP contribution < -0.4 is 14.8 Å². The van der Waals surface area contributed by atoms with Gasteiger partial charge in [0.2, 0.25) is 0 Å². The molecule has 0 fully saturated rings. The molecule has 0 saturated carbocycles. The van der Waals surface area contributed by atoms with Crippen LogP contribution in [0.4, 0.5) is 4.79 Å². The van der Waals surface area contributed by atoms with Crippen molar-refractivity contribution in [3.05, 3.63) is 70.4 Å². The van der Waals surface area contributed by atoms with Gasteiger partial charge in [0, 0.05) is 12.6 Å². The number of methoxy groups -OCH3 is 1. The summed E-state index contributed by atoms with van der Waals surface area (Å²) in [4.78, 5) is 27.0. The molecule has 0 aromatic heterocycles. The van der Waals surface area contributed by atoms with Gasteiger partial charge in [0.05, 0.1) is 36.1 Å². The third-order valence-electron chi connectivity index (χ3n) is 4.72. The third kappa shape index (κ3) is 4.36. The minimum Gasteiger partial charge on any atom is -0.496 e. The summed E-state index contributed by atoms with van der Waals surface area (Å²) in [6.07, 6.45) is 0. The van der Waals surface area contributed by atoms with E-state index < -0.39 is 12.0 Å². The molecule has 2 aromatic carbocycles. The molecule has 8 heteroatoms.